The Hall–Kier alpha value is -2.18. The molecule has 0 saturated carbocycles. The summed E-state index contributed by atoms with van der Waals surface area (Å²) < 4.78 is 5.91. The number of carbonyl (C=O) groups excluding carboxylic acids is 2. The summed E-state index contributed by atoms with van der Waals surface area (Å²) in [6.45, 7) is 2.59. The highest BCUT2D eigenvalue weighted by molar-refractivity contribution is 7.15. The summed E-state index contributed by atoms with van der Waals surface area (Å²) in [7, 11) is 0. The van der Waals surface area contributed by atoms with Crippen molar-refractivity contribution in [2.24, 2.45) is 5.73 Å². The van der Waals surface area contributed by atoms with Gasteiger partial charge in [0.15, 0.2) is 6.29 Å². The summed E-state index contributed by atoms with van der Waals surface area (Å²) in [5.41, 5.74) is 8.12. The van der Waals surface area contributed by atoms with E-state index in [0.29, 0.717) is 36.0 Å². The van der Waals surface area contributed by atoms with E-state index in [4.69, 9.17) is 10.5 Å². The van der Waals surface area contributed by atoms with Crippen LogP contribution in [0.15, 0.2) is 30.3 Å². The van der Waals surface area contributed by atoms with Gasteiger partial charge in [-0.1, -0.05) is 12.1 Å². The number of ether oxygens (including phenoxy) is 1. The molecule has 1 fully saturated rings. The molecule has 1 aromatic heterocycles. The zero-order valence-corrected chi connectivity index (χ0v) is 14.7. The minimum Gasteiger partial charge on any atom is -0.492 e. The van der Waals surface area contributed by atoms with Gasteiger partial charge in [-0.15, -0.1) is 11.3 Å². The largest absolute Gasteiger partial charge is 0.492 e. The highest BCUT2D eigenvalue weighted by Crippen LogP contribution is 2.46. The number of piperidine rings is 1. The van der Waals surface area contributed by atoms with Crippen LogP contribution in [0.3, 0.4) is 0 Å². The topological polar surface area (TPSA) is 72.6 Å². The monoisotopic (exact) mass is 356 g/mol. The van der Waals surface area contributed by atoms with Gasteiger partial charge in [-0.25, -0.2) is 0 Å². The van der Waals surface area contributed by atoms with E-state index in [9.17, 15) is 9.59 Å². The Balaban J connectivity index is 1.51. The Bertz CT molecular complexity index is 822. The maximum absolute atomic E-state index is 12.7. The molecule has 130 valence electrons. The van der Waals surface area contributed by atoms with Crippen LogP contribution in [0.2, 0.25) is 0 Å². The van der Waals surface area contributed by atoms with Crippen LogP contribution >= 0.6 is 11.3 Å². The third kappa shape index (κ3) is 2.75. The Labute approximate surface area is 150 Å². The molecule has 1 aromatic carbocycles. The van der Waals surface area contributed by atoms with Crippen molar-refractivity contribution < 1.29 is 14.3 Å². The number of amides is 1. The lowest BCUT2D eigenvalue weighted by Gasteiger charge is -2.38. The van der Waals surface area contributed by atoms with Gasteiger partial charge in [-0.2, -0.15) is 0 Å². The molecule has 3 heterocycles. The fourth-order valence-corrected chi connectivity index (χ4v) is 4.57. The van der Waals surface area contributed by atoms with Gasteiger partial charge in [0.1, 0.15) is 5.75 Å². The number of nitrogens with two attached hydrogens (primary N) is 1. The molecule has 2 aliphatic heterocycles. The molecule has 6 heteroatoms. The first-order valence-corrected chi connectivity index (χ1v) is 9.27. The first-order valence-electron chi connectivity index (χ1n) is 8.46. The molecule has 0 bridgehead atoms. The van der Waals surface area contributed by atoms with Gasteiger partial charge in [-0.05, 0) is 36.6 Å². The van der Waals surface area contributed by atoms with Crippen LogP contribution in [0.5, 0.6) is 5.75 Å². The molecule has 25 heavy (non-hydrogen) atoms. The second kappa shape index (κ2) is 6.28. The summed E-state index contributed by atoms with van der Waals surface area (Å²) in [6.07, 6.45) is 2.55. The average molecular weight is 356 g/mol. The molecule has 0 atom stereocenters. The smallest absolute Gasteiger partial charge is 0.263 e. The van der Waals surface area contributed by atoms with Crippen LogP contribution in [0, 0.1) is 0 Å². The van der Waals surface area contributed by atoms with Crippen molar-refractivity contribution in [1.82, 2.24) is 4.90 Å². The molecule has 1 saturated heterocycles. The molecule has 0 aliphatic carbocycles. The first-order chi connectivity index (χ1) is 12.1. The lowest BCUT2D eigenvalue weighted by atomic mass is 9.74. The molecule has 0 radical (unpaired) electrons. The maximum atomic E-state index is 12.7. The third-order valence-corrected chi connectivity index (χ3v) is 6.32. The minimum atomic E-state index is -0.0132. The van der Waals surface area contributed by atoms with Crippen LogP contribution in [0.1, 0.15) is 43.3 Å². The van der Waals surface area contributed by atoms with E-state index < -0.39 is 0 Å². The van der Waals surface area contributed by atoms with Crippen molar-refractivity contribution >= 4 is 23.5 Å². The summed E-state index contributed by atoms with van der Waals surface area (Å²) >= 11 is 1.25. The van der Waals surface area contributed by atoms with Gasteiger partial charge in [-0.3, -0.25) is 9.59 Å². The van der Waals surface area contributed by atoms with Gasteiger partial charge in [0, 0.05) is 30.6 Å². The quantitative estimate of drug-likeness (QED) is 0.858. The number of benzene rings is 1. The summed E-state index contributed by atoms with van der Waals surface area (Å²) in [6, 6.07) is 9.62. The predicted molar refractivity (Wildman–Crippen MR) is 96.4 cm³/mol. The van der Waals surface area contributed by atoms with E-state index in [-0.39, 0.29) is 11.3 Å². The van der Waals surface area contributed by atoms with Crippen molar-refractivity contribution in [3.63, 3.8) is 0 Å². The molecule has 2 aromatic rings. The van der Waals surface area contributed by atoms with Gasteiger partial charge in [0.25, 0.3) is 5.91 Å². The molecule has 0 unspecified atom stereocenters. The van der Waals surface area contributed by atoms with Crippen LogP contribution in [0.25, 0.3) is 0 Å². The summed E-state index contributed by atoms with van der Waals surface area (Å²) in [4.78, 5) is 26.6. The van der Waals surface area contributed by atoms with Gasteiger partial charge >= 0.3 is 0 Å². The van der Waals surface area contributed by atoms with Crippen molar-refractivity contribution in [1.29, 1.82) is 0 Å². The Morgan fingerprint density at radius 3 is 2.76 bits per heavy atom. The number of rotatable bonds is 3. The maximum Gasteiger partial charge on any atom is 0.263 e. The zero-order valence-electron chi connectivity index (χ0n) is 13.9. The van der Waals surface area contributed by atoms with Crippen molar-refractivity contribution in [2.75, 3.05) is 19.7 Å². The highest BCUT2D eigenvalue weighted by atomic mass is 32.1. The Morgan fingerprint density at radius 2 is 2.08 bits per heavy atom. The normalized spacial score (nSPS) is 18.0. The minimum absolute atomic E-state index is 0.0132. The Morgan fingerprint density at radius 1 is 1.28 bits per heavy atom. The standard InChI is InChI=1S/C19H20N2O3S/c20-10-13-1-3-16-15(9-13)19(12-24-16)5-7-21(8-6-19)18(23)17-4-2-14(11-22)25-17/h1-4,9,11H,5-8,10,12,20H2. The number of hydrogen-bond acceptors (Lipinski definition) is 5. The van der Waals surface area contributed by atoms with Crippen molar-refractivity contribution in [3.05, 3.63) is 51.2 Å². The predicted octanol–water partition coefficient (Wildman–Crippen LogP) is 2.59. The van der Waals surface area contributed by atoms with E-state index in [1.165, 1.54) is 16.9 Å². The van der Waals surface area contributed by atoms with Crippen molar-refractivity contribution in [3.8, 4) is 5.75 Å². The molecule has 2 N–H and O–H groups in total. The first kappa shape index (κ1) is 16.3. The van der Waals surface area contributed by atoms with Crippen LogP contribution in [0.4, 0.5) is 0 Å². The second-order valence-electron chi connectivity index (χ2n) is 6.72. The van der Waals surface area contributed by atoms with Gasteiger partial charge in [0.05, 0.1) is 16.4 Å². The van der Waals surface area contributed by atoms with Crippen LogP contribution in [-0.2, 0) is 12.0 Å². The average Bonchev–Trinajstić information content (AvgIpc) is 3.27. The number of likely N-dealkylation sites (tertiary alicyclic amines) is 1. The molecule has 1 amide bonds. The Kier molecular flexibility index (Phi) is 4.09. The lowest BCUT2D eigenvalue weighted by molar-refractivity contribution is 0.0651. The van der Waals surface area contributed by atoms with E-state index in [1.54, 1.807) is 12.1 Å². The summed E-state index contributed by atoms with van der Waals surface area (Å²) in [5, 5.41) is 0. The van der Waals surface area contributed by atoms with E-state index in [1.807, 2.05) is 17.0 Å². The zero-order chi connectivity index (χ0) is 17.4. The van der Waals surface area contributed by atoms with Gasteiger partial charge < -0.3 is 15.4 Å². The number of hydrogen-bond donors (Lipinski definition) is 1. The number of fused-ring (bicyclic) bond motifs is 2. The molecule has 5 nitrogen and oxygen atoms in total. The second-order valence-corrected chi connectivity index (χ2v) is 7.83. The SMILES string of the molecule is NCc1ccc2c(c1)C1(CCN(C(=O)c3ccc(C=O)s3)CC1)CO2. The number of carbonyl (C=O) groups is 2. The number of nitrogens with zero attached hydrogens (tertiary/aromatic N) is 1. The summed E-state index contributed by atoms with van der Waals surface area (Å²) in [5.74, 6) is 0.966. The van der Waals surface area contributed by atoms with E-state index in [0.717, 1.165) is 30.4 Å². The lowest BCUT2D eigenvalue weighted by Crippen LogP contribution is -2.45. The van der Waals surface area contributed by atoms with E-state index in [2.05, 4.69) is 6.07 Å². The van der Waals surface area contributed by atoms with Crippen LogP contribution < -0.4 is 10.5 Å². The fraction of sp³-hybridized carbons (Fsp3) is 0.368. The van der Waals surface area contributed by atoms with Crippen molar-refractivity contribution in [2.45, 2.75) is 24.8 Å². The molecule has 2 aliphatic rings. The fourth-order valence-electron chi connectivity index (χ4n) is 3.78. The molecular weight excluding hydrogens is 336 g/mol. The number of thiophene rings is 1. The van der Waals surface area contributed by atoms with Crippen LogP contribution in [-0.4, -0.2) is 36.8 Å². The molecule has 4 rings (SSSR count). The third-order valence-electron chi connectivity index (χ3n) is 5.32. The molecule has 1 spiro atoms. The molecular formula is C19H20N2O3S. The van der Waals surface area contributed by atoms with Gasteiger partial charge in [0.2, 0.25) is 0 Å². The van der Waals surface area contributed by atoms with E-state index >= 15 is 0 Å². The highest BCUT2D eigenvalue weighted by Gasteiger charge is 2.44. The number of aldehydes is 1.